The average molecular weight is 436 g/mol. The molecule has 2 aromatic carbocycles. The molecule has 0 aliphatic carbocycles. The SMILES string of the molecule is COc1ccc(C(=O)Nc2ccc(OCc3cc(=O)n4cc(Cl)ccc4n3)cc2)cc1. The molecular weight excluding hydrogens is 418 g/mol. The van der Waals surface area contributed by atoms with Gasteiger partial charge >= 0.3 is 0 Å². The first-order valence-electron chi connectivity index (χ1n) is 9.38. The highest BCUT2D eigenvalue weighted by Gasteiger charge is 2.07. The van der Waals surface area contributed by atoms with Gasteiger partial charge in [-0.1, -0.05) is 11.6 Å². The normalized spacial score (nSPS) is 10.6. The fourth-order valence-corrected chi connectivity index (χ4v) is 3.10. The molecule has 0 aliphatic rings. The van der Waals surface area contributed by atoms with Crippen LogP contribution in [0.15, 0.2) is 77.7 Å². The van der Waals surface area contributed by atoms with Gasteiger partial charge in [-0.05, 0) is 60.7 Å². The molecule has 4 aromatic rings. The molecule has 0 unspecified atom stereocenters. The van der Waals surface area contributed by atoms with E-state index in [1.807, 2.05) is 0 Å². The van der Waals surface area contributed by atoms with E-state index in [9.17, 15) is 9.59 Å². The largest absolute Gasteiger partial charge is 0.497 e. The predicted molar refractivity (Wildman–Crippen MR) is 118 cm³/mol. The van der Waals surface area contributed by atoms with E-state index in [4.69, 9.17) is 21.1 Å². The molecule has 0 fully saturated rings. The monoisotopic (exact) mass is 435 g/mol. The molecule has 0 aliphatic heterocycles. The Hall–Kier alpha value is -3.84. The third-order valence-electron chi connectivity index (χ3n) is 4.53. The van der Waals surface area contributed by atoms with Crippen LogP contribution in [0.2, 0.25) is 5.02 Å². The number of fused-ring (bicyclic) bond motifs is 1. The zero-order valence-electron chi connectivity index (χ0n) is 16.5. The summed E-state index contributed by atoms with van der Waals surface area (Å²) in [5, 5.41) is 3.28. The number of hydrogen-bond donors (Lipinski definition) is 1. The fraction of sp³-hybridized carbons (Fsp3) is 0.0870. The number of pyridine rings is 1. The van der Waals surface area contributed by atoms with Gasteiger partial charge in [0.05, 0.1) is 17.8 Å². The number of aromatic nitrogens is 2. The van der Waals surface area contributed by atoms with E-state index in [-0.39, 0.29) is 18.1 Å². The van der Waals surface area contributed by atoms with Gasteiger partial charge in [0.2, 0.25) is 0 Å². The van der Waals surface area contributed by atoms with Crippen molar-refractivity contribution in [3.63, 3.8) is 0 Å². The summed E-state index contributed by atoms with van der Waals surface area (Å²) in [6.07, 6.45) is 1.52. The predicted octanol–water partition coefficient (Wildman–Crippen LogP) is 4.19. The van der Waals surface area contributed by atoms with Crippen LogP contribution >= 0.6 is 11.6 Å². The average Bonchev–Trinajstić information content (AvgIpc) is 2.79. The Kier molecular flexibility index (Phi) is 5.86. The van der Waals surface area contributed by atoms with Crippen LogP contribution in [-0.4, -0.2) is 22.4 Å². The van der Waals surface area contributed by atoms with Crippen molar-refractivity contribution in [2.45, 2.75) is 6.61 Å². The minimum Gasteiger partial charge on any atom is -0.497 e. The summed E-state index contributed by atoms with van der Waals surface area (Å²) in [4.78, 5) is 29.0. The minimum absolute atomic E-state index is 0.131. The number of amides is 1. The molecule has 4 rings (SSSR count). The first-order valence-corrected chi connectivity index (χ1v) is 9.76. The summed E-state index contributed by atoms with van der Waals surface area (Å²) in [6, 6.07) is 18.5. The zero-order valence-corrected chi connectivity index (χ0v) is 17.3. The molecule has 0 bridgehead atoms. The zero-order chi connectivity index (χ0) is 21.8. The molecule has 2 aromatic heterocycles. The summed E-state index contributed by atoms with van der Waals surface area (Å²) < 4.78 is 12.2. The first-order chi connectivity index (χ1) is 15.0. The Morgan fingerprint density at radius 1 is 1.03 bits per heavy atom. The van der Waals surface area contributed by atoms with Crippen LogP contribution in [0, 0.1) is 0 Å². The van der Waals surface area contributed by atoms with Crippen LogP contribution in [0.5, 0.6) is 11.5 Å². The lowest BCUT2D eigenvalue weighted by atomic mass is 10.2. The van der Waals surface area contributed by atoms with E-state index >= 15 is 0 Å². The third kappa shape index (κ3) is 4.84. The van der Waals surface area contributed by atoms with E-state index in [1.165, 1.54) is 16.7 Å². The number of nitrogens with zero attached hydrogens (tertiary/aromatic N) is 2. The Balaban J connectivity index is 1.39. The van der Waals surface area contributed by atoms with Crippen molar-refractivity contribution in [3.8, 4) is 11.5 Å². The molecule has 31 heavy (non-hydrogen) atoms. The summed E-state index contributed by atoms with van der Waals surface area (Å²) in [6.45, 7) is 0.131. The maximum absolute atomic E-state index is 12.3. The highest BCUT2D eigenvalue weighted by atomic mass is 35.5. The number of carbonyl (C=O) groups excluding carboxylic acids is 1. The Morgan fingerprint density at radius 2 is 1.74 bits per heavy atom. The number of methoxy groups -OCH3 is 1. The molecule has 7 nitrogen and oxygen atoms in total. The van der Waals surface area contributed by atoms with Crippen LogP contribution in [0.25, 0.3) is 5.65 Å². The molecule has 2 heterocycles. The maximum Gasteiger partial charge on any atom is 0.258 e. The van der Waals surface area contributed by atoms with Gasteiger partial charge in [-0.2, -0.15) is 0 Å². The topological polar surface area (TPSA) is 81.9 Å². The quantitative estimate of drug-likeness (QED) is 0.491. The first kappa shape index (κ1) is 20.4. The Bertz CT molecular complexity index is 1290. The van der Waals surface area contributed by atoms with Crippen molar-refractivity contribution >= 4 is 28.8 Å². The third-order valence-corrected chi connectivity index (χ3v) is 4.75. The number of rotatable bonds is 6. The van der Waals surface area contributed by atoms with Crippen molar-refractivity contribution < 1.29 is 14.3 Å². The highest BCUT2D eigenvalue weighted by molar-refractivity contribution is 6.30. The number of carbonyl (C=O) groups is 1. The van der Waals surface area contributed by atoms with Gasteiger partial charge in [-0.3, -0.25) is 14.0 Å². The van der Waals surface area contributed by atoms with E-state index in [2.05, 4.69) is 10.3 Å². The molecular formula is C23H18ClN3O4. The van der Waals surface area contributed by atoms with Crippen molar-refractivity contribution in [2.24, 2.45) is 0 Å². The lowest BCUT2D eigenvalue weighted by Crippen LogP contribution is -2.16. The van der Waals surface area contributed by atoms with Crippen molar-refractivity contribution in [3.05, 3.63) is 99.6 Å². The molecule has 0 saturated carbocycles. The van der Waals surface area contributed by atoms with Crippen LogP contribution in [0.4, 0.5) is 5.69 Å². The van der Waals surface area contributed by atoms with E-state index in [1.54, 1.807) is 67.8 Å². The second-order valence-electron chi connectivity index (χ2n) is 6.66. The van der Waals surface area contributed by atoms with Crippen LogP contribution in [-0.2, 0) is 6.61 Å². The molecule has 0 spiro atoms. The Labute approximate surface area is 182 Å². The molecule has 8 heteroatoms. The molecule has 0 atom stereocenters. The smallest absolute Gasteiger partial charge is 0.258 e. The summed E-state index contributed by atoms with van der Waals surface area (Å²) >= 11 is 5.92. The van der Waals surface area contributed by atoms with Gasteiger partial charge in [0.1, 0.15) is 23.8 Å². The van der Waals surface area contributed by atoms with Gasteiger partial charge < -0.3 is 14.8 Å². The maximum atomic E-state index is 12.3. The van der Waals surface area contributed by atoms with Gasteiger partial charge in [-0.25, -0.2) is 4.98 Å². The molecule has 1 amide bonds. The van der Waals surface area contributed by atoms with Gasteiger partial charge in [-0.15, -0.1) is 0 Å². The molecule has 156 valence electrons. The molecule has 0 saturated heterocycles. The lowest BCUT2D eigenvalue weighted by Gasteiger charge is -2.09. The summed E-state index contributed by atoms with van der Waals surface area (Å²) in [5.74, 6) is 1.04. The Morgan fingerprint density at radius 3 is 2.45 bits per heavy atom. The minimum atomic E-state index is -0.234. The van der Waals surface area contributed by atoms with Gasteiger partial charge in [0.15, 0.2) is 0 Å². The number of hydrogen-bond acceptors (Lipinski definition) is 5. The van der Waals surface area contributed by atoms with Crippen molar-refractivity contribution in [2.75, 3.05) is 12.4 Å². The van der Waals surface area contributed by atoms with E-state index < -0.39 is 0 Å². The van der Waals surface area contributed by atoms with Gasteiger partial charge in [0, 0.05) is 23.5 Å². The number of anilines is 1. The molecule has 1 N–H and O–H groups in total. The lowest BCUT2D eigenvalue weighted by molar-refractivity contribution is 0.102. The number of benzene rings is 2. The number of nitrogens with one attached hydrogen (secondary N) is 1. The van der Waals surface area contributed by atoms with Gasteiger partial charge in [0.25, 0.3) is 11.5 Å². The summed E-state index contributed by atoms with van der Waals surface area (Å²) in [7, 11) is 1.57. The van der Waals surface area contributed by atoms with E-state index in [0.29, 0.717) is 39.1 Å². The standard InChI is InChI=1S/C23H18ClN3O4/c1-30-19-7-2-15(3-8-19)23(29)26-17-5-9-20(10-6-17)31-14-18-12-22(28)27-13-16(24)4-11-21(27)25-18/h2-13H,14H2,1H3,(H,26,29). The second-order valence-corrected chi connectivity index (χ2v) is 7.09. The van der Waals surface area contributed by atoms with Crippen molar-refractivity contribution in [1.82, 2.24) is 9.38 Å². The highest BCUT2D eigenvalue weighted by Crippen LogP contribution is 2.18. The van der Waals surface area contributed by atoms with Crippen LogP contribution in [0.3, 0.4) is 0 Å². The molecule has 0 radical (unpaired) electrons. The second kappa shape index (κ2) is 8.89. The van der Waals surface area contributed by atoms with Crippen LogP contribution in [0.1, 0.15) is 16.1 Å². The van der Waals surface area contributed by atoms with Crippen molar-refractivity contribution in [1.29, 1.82) is 0 Å². The number of halogens is 1. The van der Waals surface area contributed by atoms with E-state index in [0.717, 1.165) is 0 Å². The number of ether oxygens (including phenoxy) is 2. The fourth-order valence-electron chi connectivity index (χ4n) is 2.94. The summed E-state index contributed by atoms with van der Waals surface area (Å²) in [5.41, 5.74) is 1.92. The van der Waals surface area contributed by atoms with Crippen LogP contribution < -0.4 is 20.3 Å².